The second-order valence-corrected chi connectivity index (χ2v) is 3.33. The van der Waals surface area contributed by atoms with Gasteiger partial charge in [0.2, 0.25) is 0 Å². The highest BCUT2D eigenvalue weighted by atomic mass is 35.5. The summed E-state index contributed by atoms with van der Waals surface area (Å²) < 4.78 is 0. The van der Waals surface area contributed by atoms with Crippen molar-refractivity contribution in [2.75, 3.05) is 0 Å². The predicted molar refractivity (Wildman–Crippen MR) is 52.5 cm³/mol. The molecule has 1 aromatic carbocycles. The number of rotatable bonds is 3. The molecular formula is C9H8ClNO3. The standard InChI is InChI=1S/C9H8ClNO3/c1-6(12)4-7-2-3-9(11(13)14)8(10)5-7/h2-3,5H,4H2,1H3. The van der Waals surface area contributed by atoms with Crippen molar-refractivity contribution in [2.45, 2.75) is 13.3 Å². The minimum atomic E-state index is -0.556. The number of halogens is 1. The number of nitro groups is 1. The molecule has 0 spiro atoms. The van der Waals surface area contributed by atoms with Gasteiger partial charge in [-0.3, -0.25) is 14.9 Å². The first-order valence-corrected chi connectivity index (χ1v) is 4.30. The zero-order valence-electron chi connectivity index (χ0n) is 7.49. The van der Waals surface area contributed by atoms with Crippen LogP contribution in [0.5, 0.6) is 0 Å². The van der Waals surface area contributed by atoms with Crippen molar-refractivity contribution in [1.82, 2.24) is 0 Å². The number of carbonyl (C=O) groups excluding carboxylic acids is 1. The van der Waals surface area contributed by atoms with E-state index in [1.54, 1.807) is 0 Å². The number of hydrogen-bond donors (Lipinski definition) is 0. The maximum absolute atomic E-state index is 10.8. The maximum atomic E-state index is 10.8. The molecule has 0 aliphatic heterocycles. The van der Waals surface area contributed by atoms with E-state index in [1.165, 1.54) is 25.1 Å². The third-order valence-electron chi connectivity index (χ3n) is 1.66. The van der Waals surface area contributed by atoms with Crippen molar-refractivity contribution in [3.63, 3.8) is 0 Å². The lowest BCUT2D eigenvalue weighted by Gasteiger charge is -1.99. The minimum absolute atomic E-state index is 0.00470. The Morgan fingerprint density at radius 3 is 2.64 bits per heavy atom. The van der Waals surface area contributed by atoms with Crippen LogP contribution in [0, 0.1) is 10.1 Å². The molecular weight excluding hydrogens is 206 g/mol. The molecule has 0 amide bonds. The summed E-state index contributed by atoms with van der Waals surface area (Å²) in [4.78, 5) is 20.6. The first kappa shape index (κ1) is 10.7. The number of Topliss-reactive ketones (excluding diaryl/α,β-unsaturated/α-hetero) is 1. The zero-order chi connectivity index (χ0) is 10.7. The summed E-state index contributed by atoms with van der Waals surface area (Å²) in [5, 5.41) is 10.5. The van der Waals surface area contributed by atoms with Gasteiger partial charge in [0.25, 0.3) is 5.69 Å². The van der Waals surface area contributed by atoms with Gasteiger partial charge in [-0.15, -0.1) is 0 Å². The van der Waals surface area contributed by atoms with E-state index in [2.05, 4.69) is 0 Å². The third kappa shape index (κ3) is 2.53. The fourth-order valence-electron chi connectivity index (χ4n) is 1.10. The lowest BCUT2D eigenvalue weighted by molar-refractivity contribution is -0.384. The van der Waals surface area contributed by atoms with Crippen LogP contribution >= 0.6 is 11.6 Å². The van der Waals surface area contributed by atoms with Gasteiger partial charge in [0.15, 0.2) is 0 Å². The van der Waals surface area contributed by atoms with Gasteiger partial charge >= 0.3 is 0 Å². The van der Waals surface area contributed by atoms with Crippen LogP contribution in [0.1, 0.15) is 12.5 Å². The van der Waals surface area contributed by atoms with Crippen LogP contribution in [0.15, 0.2) is 18.2 Å². The number of benzene rings is 1. The zero-order valence-corrected chi connectivity index (χ0v) is 8.25. The molecule has 0 saturated heterocycles. The first-order chi connectivity index (χ1) is 6.50. The Morgan fingerprint density at radius 2 is 2.21 bits per heavy atom. The van der Waals surface area contributed by atoms with Gasteiger partial charge in [-0.25, -0.2) is 0 Å². The summed E-state index contributed by atoms with van der Waals surface area (Å²) in [5.74, 6) is -0.00470. The van der Waals surface area contributed by atoms with E-state index in [1.807, 2.05) is 0 Å². The summed E-state index contributed by atoms with van der Waals surface area (Å²) in [6.07, 6.45) is 0.248. The van der Waals surface area contributed by atoms with E-state index in [9.17, 15) is 14.9 Å². The summed E-state index contributed by atoms with van der Waals surface area (Å²) in [5.41, 5.74) is 0.548. The van der Waals surface area contributed by atoms with Crippen molar-refractivity contribution in [1.29, 1.82) is 0 Å². The van der Waals surface area contributed by atoms with Gasteiger partial charge in [0, 0.05) is 12.5 Å². The number of nitrogens with zero attached hydrogens (tertiary/aromatic N) is 1. The molecule has 0 radical (unpaired) electrons. The first-order valence-electron chi connectivity index (χ1n) is 3.93. The summed E-state index contributed by atoms with van der Waals surface area (Å²) in [6, 6.07) is 4.28. The predicted octanol–water partition coefficient (Wildman–Crippen LogP) is 2.38. The molecule has 0 N–H and O–H groups in total. The number of nitro benzene ring substituents is 1. The van der Waals surface area contributed by atoms with Crippen molar-refractivity contribution in [2.24, 2.45) is 0 Å². The van der Waals surface area contributed by atoms with E-state index in [4.69, 9.17) is 11.6 Å². The average molecular weight is 214 g/mol. The SMILES string of the molecule is CC(=O)Cc1ccc([N+](=O)[O-])c(Cl)c1. The van der Waals surface area contributed by atoms with E-state index in [0.29, 0.717) is 5.56 Å². The second kappa shape index (κ2) is 4.19. The maximum Gasteiger partial charge on any atom is 0.287 e. The van der Waals surface area contributed by atoms with E-state index < -0.39 is 4.92 Å². The normalized spacial score (nSPS) is 9.86. The Balaban J connectivity index is 3.00. The largest absolute Gasteiger partial charge is 0.300 e. The molecule has 1 aromatic rings. The molecule has 0 atom stereocenters. The fourth-order valence-corrected chi connectivity index (χ4v) is 1.37. The minimum Gasteiger partial charge on any atom is -0.300 e. The Kier molecular flexibility index (Phi) is 3.19. The molecule has 1 rings (SSSR count). The van der Waals surface area contributed by atoms with Crippen molar-refractivity contribution >= 4 is 23.1 Å². The van der Waals surface area contributed by atoms with Crippen LogP contribution in [-0.4, -0.2) is 10.7 Å². The second-order valence-electron chi connectivity index (χ2n) is 2.92. The highest BCUT2D eigenvalue weighted by molar-refractivity contribution is 6.32. The highest BCUT2D eigenvalue weighted by Gasteiger charge is 2.12. The molecule has 0 aromatic heterocycles. The van der Waals surface area contributed by atoms with Gasteiger partial charge in [-0.1, -0.05) is 17.7 Å². The van der Waals surface area contributed by atoms with Gasteiger partial charge in [-0.05, 0) is 18.6 Å². The van der Waals surface area contributed by atoms with Gasteiger partial charge in [0.05, 0.1) is 4.92 Å². The topological polar surface area (TPSA) is 60.2 Å². The van der Waals surface area contributed by atoms with Crippen molar-refractivity contribution in [3.05, 3.63) is 38.9 Å². The van der Waals surface area contributed by atoms with Gasteiger partial charge < -0.3 is 0 Å². The van der Waals surface area contributed by atoms with Gasteiger partial charge in [0.1, 0.15) is 10.8 Å². The Labute approximate surface area is 85.6 Å². The smallest absolute Gasteiger partial charge is 0.287 e. The molecule has 14 heavy (non-hydrogen) atoms. The van der Waals surface area contributed by atoms with E-state index >= 15 is 0 Å². The van der Waals surface area contributed by atoms with E-state index in [-0.39, 0.29) is 22.9 Å². The Bertz CT molecular complexity index is 390. The molecule has 0 aliphatic carbocycles. The summed E-state index contributed by atoms with van der Waals surface area (Å²) in [7, 11) is 0. The van der Waals surface area contributed by atoms with Crippen LogP contribution in [0.2, 0.25) is 5.02 Å². The molecule has 5 heteroatoms. The fraction of sp³-hybridized carbons (Fsp3) is 0.222. The van der Waals surface area contributed by atoms with Crippen molar-refractivity contribution in [3.8, 4) is 0 Å². The molecule has 0 unspecified atom stereocenters. The van der Waals surface area contributed by atoms with Crippen LogP contribution in [0.3, 0.4) is 0 Å². The monoisotopic (exact) mass is 213 g/mol. The molecule has 0 bridgehead atoms. The number of carbonyl (C=O) groups is 1. The van der Waals surface area contributed by atoms with Crippen LogP contribution in [-0.2, 0) is 11.2 Å². The summed E-state index contributed by atoms with van der Waals surface area (Å²) in [6.45, 7) is 1.45. The quantitative estimate of drug-likeness (QED) is 0.572. The third-order valence-corrected chi connectivity index (χ3v) is 1.96. The Morgan fingerprint density at radius 1 is 1.57 bits per heavy atom. The number of ketones is 1. The molecule has 74 valence electrons. The lowest BCUT2D eigenvalue weighted by Crippen LogP contribution is -1.97. The molecule has 0 aliphatic rings. The molecule has 0 heterocycles. The highest BCUT2D eigenvalue weighted by Crippen LogP contribution is 2.25. The molecule has 4 nitrogen and oxygen atoms in total. The Hall–Kier alpha value is -1.42. The number of hydrogen-bond acceptors (Lipinski definition) is 3. The van der Waals surface area contributed by atoms with Crippen LogP contribution in [0.4, 0.5) is 5.69 Å². The summed E-state index contributed by atoms with van der Waals surface area (Å²) >= 11 is 5.65. The van der Waals surface area contributed by atoms with Crippen LogP contribution < -0.4 is 0 Å². The van der Waals surface area contributed by atoms with Gasteiger partial charge in [-0.2, -0.15) is 0 Å². The van der Waals surface area contributed by atoms with E-state index in [0.717, 1.165) is 0 Å². The average Bonchev–Trinajstić information content (AvgIpc) is 2.01. The lowest BCUT2D eigenvalue weighted by atomic mass is 10.1. The van der Waals surface area contributed by atoms with Crippen LogP contribution in [0.25, 0.3) is 0 Å². The van der Waals surface area contributed by atoms with Crippen molar-refractivity contribution < 1.29 is 9.72 Å². The molecule has 0 saturated carbocycles. The molecule has 0 fully saturated rings.